The van der Waals surface area contributed by atoms with Crippen LogP contribution in [0.5, 0.6) is 0 Å². The van der Waals surface area contributed by atoms with Gasteiger partial charge in [0, 0.05) is 6.20 Å². The number of nitrogens with zero attached hydrogens (tertiary/aromatic N) is 2. The molecule has 1 N–H and O–H groups in total. The van der Waals surface area contributed by atoms with E-state index in [9.17, 15) is 9.18 Å². The lowest BCUT2D eigenvalue weighted by Crippen LogP contribution is -1.95. The second kappa shape index (κ2) is 4.16. The summed E-state index contributed by atoms with van der Waals surface area (Å²) in [6.45, 7) is 0. The Hall–Kier alpha value is -2.76. The number of para-hydroxylation sites is 1. The molecule has 0 atom stereocenters. The second-order valence-electron chi connectivity index (χ2n) is 3.87. The summed E-state index contributed by atoms with van der Waals surface area (Å²) in [7, 11) is 0. The molecule has 0 amide bonds. The SMILES string of the molecule is O=C(O)c1cccc2nc(-c3cncc(F)c3)oc12. The minimum absolute atomic E-state index is 0.0145. The van der Waals surface area contributed by atoms with Crippen LogP contribution in [0.15, 0.2) is 41.1 Å². The van der Waals surface area contributed by atoms with Crippen molar-refractivity contribution in [3.63, 3.8) is 0 Å². The van der Waals surface area contributed by atoms with Crippen molar-refractivity contribution in [1.29, 1.82) is 0 Å². The maximum Gasteiger partial charge on any atom is 0.339 e. The van der Waals surface area contributed by atoms with Crippen LogP contribution in [-0.4, -0.2) is 21.0 Å². The molecule has 0 radical (unpaired) electrons. The highest BCUT2D eigenvalue weighted by Gasteiger charge is 2.15. The molecular formula is C13H7FN2O3. The molecule has 0 aliphatic rings. The summed E-state index contributed by atoms with van der Waals surface area (Å²) in [5, 5.41) is 9.05. The van der Waals surface area contributed by atoms with E-state index in [0.29, 0.717) is 11.1 Å². The largest absolute Gasteiger partial charge is 0.478 e. The fraction of sp³-hybridized carbons (Fsp3) is 0. The second-order valence-corrected chi connectivity index (χ2v) is 3.87. The third-order valence-corrected chi connectivity index (χ3v) is 2.60. The Bertz CT molecular complexity index is 782. The van der Waals surface area contributed by atoms with Crippen LogP contribution in [0.2, 0.25) is 0 Å². The third-order valence-electron chi connectivity index (χ3n) is 2.60. The summed E-state index contributed by atoms with van der Waals surface area (Å²) in [4.78, 5) is 18.9. The Balaban J connectivity index is 2.22. The average Bonchev–Trinajstić information content (AvgIpc) is 2.82. The van der Waals surface area contributed by atoms with Crippen LogP contribution in [0.3, 0.4) is 0 Å². The number of carbonyl (C=O) groups is 1. The number of rotatable bonds is 2. The molecule has 6 heteroatoms. The minimum Gasteiger partial charge on any atom is -0.478 e. The number of carboxylic acid groups (broad SMARTS) is 1. The fourth-order valence-electron chi connectivity index (χ4n) is 1.77. The van der Waals surface area contributed by atoms with Crippen LogP contribution in [0.25, 0.3) is 22.6 Å². The van der Waals surface area contributed by atoms with E-state index >= 15 is 0 Å². The molecule has 94 valence electrons. The maximum absolute atomic E-state index is 13.1. The molecule has 3 aromatic rings. The van der Waals surface area contributed by atoms with Crippen LogP contribution < -0.4 is 0 Å². The van der Waals surface area contributed by atoms with Crippen molar-refractivity contribution < 1.29 is 18.7 Å². The maximum atomic E-state index is 13.1. The topological polar surface area (TPSA) is 76.2 Å². The first-order valence-electron chi connectivity index (χ1n) is 5.39. The van der Waals surface area contributed by atoms with Crippen molar-refractivity contribution >= 4 is 17.1 Å². The molecule has 2 aromatic heterocycles. The van der Waals surface area contributed by atoms with E-state index in [1.807, 2.05) is 0 Å². The first-order chi connectivity index (χ1) is 9.15. The highest BCUT2D eigenvalue weighted by Crippen LogP contribution is 2.26. The number of aromatic nitrogens is 2. The Kier molecular flexibility index (Phi) is 2.49. The number of oxazole rings is 1. The number of halogens is 1. The van der Waals surface area contributed by atoms with Gasteiger partial charge in [-0.2, -0.15) is 0 Å². The molecule has 0 aliphatic heterocycles. The minimum atomic E-state index is -1.11. The zero-order valence-corrected chi connectivity index (χ0v) is 9.50. The molecule has 0 fully saturated rings. The van der Waals surface area contributed by atoms with Crippen LogP contribution >= 0.6 is 0 Å². The summed E-state index contributed by atoms with van der Waals surface area (Å²) in [5.74, 6) is -1.49. The van der Waals surface area contributed by atoms with E-state index in [-0.39, 0.29) is 17.0 Å². The smallest absolute Gasteiger partial charge is 0.339 e. The molecule has 0 saturated carbocycles. The summed E-state index contributed by atoms with van der Waals surface area (Å²) >= 11 is 0. The van der Waals surface area contributed by atoms with Crippen molar-refractivity contribution in [1.82, 2.24) is 9.97 Å². The van der Waals surface area contributed by atoms with Gasteiger partial charge >= 0.3 is 5.97 Å². The summed E-state index contributed by atoms with van der Waals surface area (Å²) < 4.78 is 18.5. The number of hydrogen-bond acceptors (Lipinski definition) is 4. The van der Waals surface area contributed by atoms with E-state index in [2.05, 4.69) is 9.97 Å². The van der Waals surface area contributed by atoms with Gasteiger partial charge in [0.1, 0.15) is 16.9 Å². The Morgan fingerprint density at radius 1 is 1.32 bits per heavy atom. The highest BCUT2D eigenvalue weighted by atomic mass is 19.1. The lowest BCUT2D eigenvalue weighted by Gasteiger charge is -1.94. The van der Waals surface area contributed by atoms with Crippen molar-refractivity contribution in [2.24, 2.45) is 0 Å². The van der Waals surface area contributed by atoms with Crippen LogP contribution in [0.4, 0.5) is 4.39 Å². The lowest BCUT2D eigenvalue weighted by molar-refractivity contribution is 0.0698. The van der Waals surface area contributed by atoms with Gasteiger partial charge in [0.05, 0.1) is 11.8 Å². The normalized spacial score (nSPS) is 10.8. The molecule has 1 aromatic carbocycles. The van der Waals surface area contributed by atoms with Gasteiger partial charge in [-0.15, -0.1) is 0 Å². The quantitative estimate of drug-likeness (QED) is 0.764. The molecule has 0 spiro atoms. The summed E-state index contributed by atoms with van der Waals surface area (Å²) in [5.41, 5.74) is 0.932. The van der Waals surface area contributed by atoms with Crippen LogP contribution in [0, 0.1) is 5.82 Å². The molecule has 19 heavy (non-hydrogen) atoms. The molecule has 0 aliphatic carbocycles. The third kappa shape index (κ3) is 1.93. The predicted octanol–water partition coefficient (Wildman–Crippen LogP) is 2.73. The molecule has 3 rings (SSSR count). The average molecular weight is 258 g/mol. The lowest BCUT2D eigenvalue weighted by atomic mass is 10.2. The highest BCUT2D eigenvalue weighted by molar-refractivity contribution is 6.00. The molecule has 5 nitrogen and oxygen atoms in total. The van der Waals surface area contributed by atoms with Crippen molar-refractivity contribution in [2.75, 3.05) is 0 Å². The van der Waals surface area contributed by atoms with E-state index in [1.54, 1.807) is 12.1 Å². The van der Waals surface area contributed by atoms with E-state index in [0.717, 1.165) is 6.20 Å². The van der Waals surface area contributed by atoms with Gasteiger partial charge in [-0.3, -0.25) is 4.98 Å². The number of pyridine rings is 1. The Labute approximate surface area is 106 Å². The first-order valence-corrected chi connectivity index (χ1v) is 5.39. The monoisotopic (exact) mass is 258 g/mol. The molecule has 2 heterocycles. The number of fused-ring (bicyclic) bond motifs is 1. The van der Waals surface area contributed by atoms with Gasteiger partial charge in [-0.05, 0) is 18.2 Å². The van der Waals surface area contributed by atoms with Gasteiger partial charge in [0.25, 0.3) is 0 Å². The van der Waals surface area contributed by atoms with E-state index in [1.165, 1.54) is 18.3 Å². The number of hydrogen-bond donors (Lipinski definition) is 1. The number of benzene rings is 1. The van der Waals surface area contributed by atoms with Gasteiger partial charge in [-0.1, -0.05) is 6.07 Å². The predicted molar refractivity (Wildman–Crippen MR) is 64.2 cm³/mol. The van der Waals surface area contributed by atoms with Crippen molar-refractivity contribution in [3.05, 3.63) is 48.0 Å². The van der Waals surface area contributed by atoms with Gasteiger partial charge in [0.2, 0.25) is 5.89 Å². The van der Waals surface area contributed by atoms with Gasteiger partial charge < -0.3 is 9.52 Å². The zero-order chi connectivity index (χ0) is 13.4. The van der Waals surface area contributed by atoms with Crippen LogP contribution in [0.1, 0.15) is 10.4 Å². The summed E-state index contributed by atoms with van der Waals surface area (Å²) in [6, 6.07) is 5.84. The molecular weight excluding hydrogens is 251 g/mol. The Morgan fingerprint density at radius 3 is 2.89 bits per heavy atom. The van der Waals surface area contributed by atoms with Crippen molar-refractivity contribution in [2.45, 2.75) is 0 Å². The molecule has 0 unspecified atom stereocenters. The number of aromatic carboxylic acids is 1. The van der Waals surface area contributed by atoms with Gasteiger partial charge in [-0.25, -0.2) is 14.2 Å². The van der Waals surface area contributed by atoms with E-state index < -0.39 is 11.8 Å². The molecule has 0 bridgehead atoms. The Morgan fingerprint density at radius 2 is 2.16 bits per heavy atom. The molecule has 0 saturated heterocycles. The van der Waals surface area contributed by atoms with E-state index in [4.69, 9.17) is 9.52 Å². The number of carboxylic acids is 1. The first kappa shape index (κ1) is 11.3. The van der Waals surface area contributed by atoms with Gasteiger partial charge in [0.15, 0.2) is 5.58 Å². The zero-order valence-electron chi connectivity index (χ0n) is 9.50. The van der Waals surface area contributed by atoms with Crippen LogP contribution in [-0.2, 0) is 0 Å². The van der Waals surface area contributed by atoms with Crippen molar-refractivity contribution in [3.8, 4) is 11.5 Å². The standard InChI is InChI=1S/C13H7FN2O3/c14-8-4-7(5-15-6-8)12-16-10-3-1-2-9(13(17)18)11(10)19-12/h1-6H,(H,17,18). The fourth-order valence-corrected chi connectivity index (χ4v) is 1.77. The summed E-state index contributed by atoms with van der Waals surface area (Å²) in [6.07, 6.45) is 2.46.